The first-order valence-electron chi connectivity index (χ1n) is 7.69. The number of rotatable bonds is 5. The van der Waals surface area contributed by atoms with Crippen molar-refractivity contribution in [3.05, 3.63) is 52.8 Å². The third kappa shape index (κ3) is 2.86. The Morgan fingerprint density at radius 3 is 2.55 bits per heavy atom. The number of carbonyl (C=O) groups excluding carboxylic acids is 1. The van der Waals surface area contributed by atoms with Crippen molar-refractivity contribution in [1.82, 2.24) is 9.88 Å². The molecule has 0 spiro atoms. The van der Waals surface area contributed by atoms with Gasteiger partial charge in [0.15, 0.2) is 0 Å². The molecule has 1 aromatic heterocycles. The summed E-state index contributed by atoms with van der Waals surface area (Å²) in [7, 11) is 1.65. The molecular formula is C18H22N2O2. The summed E-state index contributed by atoms with van der Waals surface area (Å²) >= 11 is 0. The largest absolute Gasteiger partial charge is 0.497 e. The second-order valence-corrected chi connectivity index (χ2v) is 5.92. The van der Waals surface area contributed by atoms with Gasteiger partial charge in [-0.25, -0.2) is 0 Å². The Kier molecular flexibility index (Phi) is 3.92. The van der Waals surface area contributed by atoms with Crippen LogP contribution in [0.4, 0.5) is 0 Å². The first kappa shape index (κ1) is 14.7. The Hall–Kier alpha value is -2.23. The molecule has 1 N–H and O–H groups in total. The van der Waals surface area contributed by atoms with Gasteiger partial charge in [-0.05, 0) is 50.5 Å². The van der Waals surface area contributed by atoms with E-state index in [2.05, 4.69) is 16.8 Å². The van der Waals surface area contributed by atoms with Gasteiger partial charge in [-0.1, -0.05) is 12.1 Å². The van der Waals surface area contributed by atoms with E-state index in [0.717, 1.165) is 22.6 Å². The van der Waals surface area contributed by atoms with Crippen molar-refractivity contribution in [3.8, 4) is 5.75 Å². The molecule has 4 heteroatoms. The van der Waals surface area contributed by atoms with Crippen LogP contribution in [0.1, 0.15) is 46.2 Å². The predicted molar refractivity (Wildman–Crippen MR) is 86.3 cm³/mol. The summed E-state index contributed by atoms with van der Waals surface area (Å²) < 4.78 is 7.43. The number of hydrogen-bond acceptors (Lipinski definition) is 2. The van der Waals surface area contributed by atoms with E-state index >= 15 is 0 Å². The SMILES string of the molecule is COc1ccc(CNC(=O)c2cc(C)n(C3CC3)c2C)cc1. The van der Waals surface area contributed by atoms with Crippen molar-refractivity contribution < 1.29 is 9.53 Å². The molecule has 22 heavy (non-hydrogen) atoms. The number of aromatic nitrogens is 1. The van der Waals surface area contributed by atoms with E-state index in [4.69, 9.17) is 4.74 Å². The molecule has 0 aliphatic heterocycles. The quantitative estimate of drug-likeness (QED) is 0.919. The summed E-state index contributed by atoms with van der Waals surface area (Å²) in [6.07, 6.45) is 2.45. The first-order valence-corrected chi connectivity index (χ1v) is 7.69. The van der Waals surface area contributed by atoms with Gasteiger partial charge in [0.25, 0.3) is 5.91 Å². The van der Waals surface area contributed by atoms with Crippen LogP contribution in [0.15, 0.2) is 30.3 Å². The van der Waals surface area contributed by atoms with Crippen LogP contribution in [0.2, 0.25) is 0 Å². The minimum absolute atomic E-state index is 0.00387. The highest BCUT2D eigenvalue weighted by atomic mass is 16.5. The molecule has 1 saturated carbocycles. The van der Waals surface area contributed by atoms with Crippen LogP contribution in [0.5, 0.6) is 5.75 Å². The Bertz CT molecular complexity index is 682. The Balaban J connectivity index is 1.68. The zero-order valence-electron chi connectivity index (χ0n) is 13.3. The van der Waals surface area contributed by atoms with Crippen molar-refractivity contribution in [2.75, 3.05) is 7.11 Å². The van der Waals surface area contributed by atoms with Gasteiger partial charge in [0.2, 0.25) is 0 Å². The summed E-state index contributed by atoms with van der Waals surface area (Å²) in [6, 6.07) is 10.3. The zero-order chi connectivity index (χ0) is 15.7. The van der Waals surface area contributed by atoms with E-state index in [1.165, 1.54) is 18.5 Å². The normalized spacial score (nSPS) is 14.0. The molecule has 116 valence electrons. The number of methoxy groups -OCH3 is 1. The lowest BCUT2D eigenvalue weighted by Gasteiger charge is -2.09. The molecule has 0 radical (unpaired) electrons. The summed E-state index contributed by atoms with van der Waals surface area (Å²) in [5.74, 6) is 0.818. The molecule has 2 aromatic rings. The van der Waals surface area contributed by atoms with E-state index in [1.54, 1.807) is 7.11 Å². The van der Waals surface area contributed by atoms with Crippen LogP contribution in [-0.4, -0.2) is 17.6 Å². The number of aryl methyl sites for hydroxylation is 1. The monoisotopic (exact) mass is 298 g/mol. The van der Waals surface area contributed by atoms with Crippen molar-refractivity contribution in [2.45, 2.75) is 39.3 Å². The fourth-order valence-corrected chi connectivity index (χ4v) is 2.92. The van der Waals surface area contributed by atoms with Crippen molar-refractivity contribution >= 4 is 5.91 Å². The Morgan fingerprint density at radius 1 is 1.27 bits per heavy atom. The third-order valence-corrected chi connectivity index (χ3v) is 4.25. The number of benzene rings is 1. The topological polar surface area (TPSA) is 43.3 Å². The minimum atomic E-state index is -0.00387. The average molecular weight is 298 g/mol. The smallest absolute Gasteiger partial charge is 0.253 e. The number of nitrogens with one attached hydrogen (secondary N) is 1. The second-order valence-electron chi connectivity index (χ2n) is 5.92. The molecule has 1 heterocycles. The first-order chi connectivity index (χ1) is 10.6. The highest BCUT2D eigenvalue weighted by Gasteiger charge is 2.28. The van der Waals surface area contributed by atoms with E-state index in [9.17, 15) is 4.79 Å². The van der Waals surface area contributed by atoms with Crippen LogP contribution in [0.3, 0.4) is 0 Å². The maximum Gasteiger partial charge on any atom is 0.253 e. The van der Waals surface area contributed by atoms with Crippen LogP contribution in [0.25, 0.3) is 0 Å². The second kappa shape index (κ2) is 5.87. The van der Waals surface area contributed by atoms with Gasteiger partial charge in [0, 0.05) is 24.0 Å². The zero-order valence-corrected chi connectivity index (χ0v) is 13.3. The number of hydrogen-bond donors (Lipinski definition) is 1. The van der Waals surface area contributed by atoms with Crippen molar-refractivity contribution in [2.24, 2.45) is 0 Å². The summed E-state index contributed by atoms with van der Waals surface area (Å²) in [5.41, 5.74) is 4.10. The van der Waals surface area contributed by atoms with E-state index < -0.39 is 0 Å². The predicted octanol–water partition coefficient (Wildman–Crippen LogP) is 3.38. The van der Waals surface area contributed by atoms with Gasteiger partial charge >= 0.3 is 0 Å². The van der Waals surface area contributed by atoms with Crippen LogP contribution < -0.4 is 10.1 Å². The van der Waals surface area contributed by atoms with Gasteiger partial charge in [-0.2, -0.15) is 0 Å². The van der Waals surface area contributed by atoms with Crippen molar-refractivity contribution in [3.63, 3.8) is 0 Å². The van der Waals surface area contributed by atoms with Crippen LogP contribution >= 0.6 is 0 Å². The van der Waals surface area contributed by atoms with Crippen LogP contribution in [0, 0.1) is 13.8 Å². The number of ether oxygens (including phenoxy) is 1. The molecule has 0 unspecified atom stereocenters. The summed E-state index contributed by atoms with van der Waals surface area (Å²) in [5, 5.41) is 3.00. The number of carbonyl (C=O) groups is 1. The van der Waals surface area contributed by atoms with Crippen molar-refractivity contribution in [1.29, 1.82) is 0 Å². The molecule has 0 bridgehead atoms. The number of nitrogens with zero attached hydrogens (tertiary/aromatic N) is 1. The molecule has 1 aliphatic carbocycles. The maximum atomic E-state index is 12.4. The molecule has 1 aliphatic rings. The molecule has 4 nitrogen and oxygen atoms in total. The van der Waals surface area contributed by atoms with Crippen LogP contribution in [-0.2, 0) is 6.54 Å². The highest BCUT2D eigenvalue weighted by molar-refractivity contribution is 5.95. The van der Waals surface area contributed by atoms with Gasteiger partial charge in [0.05, 0.1) is 12.7 Å². The number of amides is 1. The molecule has 1 amide bonds. The standard InChI is InChI=1S/C18H22N2O2/c1-12-10-17(13(2)20(12)15-6-7-15)18(21)19-11-14-4-8-16(22-3)9-5-14/h4-5,8-10,15H,6-7,11H2,1-3H3,(H,19,21). The molecule has 0 atom stereocenters. The minimum Gasteiger partial charge on any atom is -0.497 e. The van der Waals surface area contributed by atoms with Gasteiger partial charge in [-0.3, -0.25) is 4.79 Å². The molecule has 1 aromatic carbocycles. The Labute approximate surface area is 131 Å². The lowest BCUT2D eigenvalue weighted by Crippen LogP contribution is -2.23. The fraction of sp³-hybridized carbons (Fsp3) is 0.389. The average Bonchev–Trinajstić information content (AvgIpc) is 3.31. The lowest BCUT2D eigenvalue weighted by atomic mass is 10.2. The summed E-state index contributed by atoms with van der Waals surface area (Å²) in [4.78, 5) is 12.4. The van der Waals surface area contributed by atoms with E-state index in [-0.39, 0.29) is 5.91 Å². The van der Waals surface area contributed by atoms with Gasteiger partial charge in [-0.15, -0.1) is 0 Å². The molecular weight excluding hydrogens is 276 g/mol. The lowest BCUT2D eigenvalue weighted by molar-refractivity contribution is 0.0950. The van der Waals surface area contributed by atoms with E-state index in [1.807, 2.05) is 37.3 Å². The molecule has 0 saturated heterocycles. The van der Waals surface area contributed by atoms with E-state index in [0.29, 0.717) is 12.6 Å². The maximum absolute atomic E-state index is 12.4. The van der Waals surface area contributed by atoms with Gasteiger partial charge in [0.1, 0.15) is 5.75 Å². The molecule has 1 fully saturated rings. The fourth-order valence-electron chi connectivity index (χ4n) is 2.92. The third-order valence-electron chi connectivity index (χ3n) is 4.25. The molecule has 3 rings (SSSR count). The van der Waals surface area contributed by atoms with Gasteiger partial charge < -0.3 is 14.6 Å². The summed E-state index contributed by atoms with van der Waals surface area (Å²) in [6.45, 7) is 4.63. The highest BCUT2D eigenvalue weighted by Crippen LogP contribution is 2.38. The Morgan fingerprint density at radius 2 is 1.95 bits per heavy atom.